The molecule has 24 heavy (non-hydrogen) atoms. The predicted octanol–water partition coefficient (Wildman–Crippen LogP) is 2.44. The van der Waals surface area contributed by atoms with Crippen LogP contribution in [0.15, 0.2) is 24.3 Å². The highest BCUT2D eigenvalue weighted by Crippen LogP contribution is 2.35. The third-order valence-electron chi connectivity index (χ3n) is 3.83. The Labute approximate surface area is 143 Å². The predicted molar refractivity (Wildman–Crippen MR) is 94.7 cm³/mol. The Morgan fingerprint density at radius 1 is 1.25 bits per heavy atom. The maximum absolute atomic E-state index is 12.3. The zero-order valence-corrected chi connectivity index (χ0v) is 15.9. The molecule has 0 spiro atoms. The molecule has 0 aromatic heterocycles. The highest BCUT2D eigenvalue weighted by molar-refractivity contribution is 7.63. The van der Waals surface area contributed by atoms with Crippen LogP contribution in [0.2, 0.25) is 0 Å². The molecule has 0 heterocycles. The molecule has 7 heteroatoms. The van der Waals surface area contributed by atoms with Gasteiger partial charge in [-0.2, -0.15) is 0 Å². The van der Waals surface area contributed by atoms with E-state index in [-0.39, 0.29) is 18.6 Å². The molecular formula is C17H27N2O4P. The van der Waals surface area contributed by atoms with Crippen molar-refractivity contribution in [3.05, 3.63) is 35.4 Å². The van der Waals surface area contributed by atoms with Crippen LogP contribution in [-0.4, -0.2) is 59.6 Å². The van der Waals surface area contributed by atoms with Gasteiger partial charge in [-0.05, 0) is 37.8 Å². The molecule has 1 rings (SSSR count). The van der Waals surface area contributed by atoms with Crippen LogP contribution in [-0.2, 0) is 27.1 Å². The molecule has 134 valence electrons. The minimum Gasteiger partial charge on any atom is -0.334 e. The first kappa shape index (κ1) is 20.4. The molecule has 0 bridgehead atoms. The molecule has 1 unspecified atom stereocenters. The monoisotopic (exact) mass is 354 g/mol. The molecule has 1 aromatic rings. The number of hydrogen-bond acceptors (Lipinski definition) is 4. The third kappa shape index (κ3) is 6.10. The Morgan fingerprint density at radius 2 is 1.83 bits per heavy atom. The summed E-state index contributed by atoms with van der Waals surface area (Å²) in [6, 6.07) is 6.80. The zero-order valence-electron chi connectivity index (χ0n) is 15.0. The van der Waals surface area contributed by atoms with Crippen molar-refractivity contribution in [2.24, 2.45) is 0 Å². The topological polar surface area (TPSA) is 77.9 Å². The summed E-state index contributed by atoms with van der Waals surface area (Å²) in [4.78, 5) is 25.6. The maximum Gasteiger partial charge on any atom is 0.268 e. The van der Waals surface area contributed by atoms with E-state index < -0.39 is 19.1 Å². The van der Waals surface area contributed by atoms with Gasteiger partial charge < -0.3 is 9.46 Å². The first-order valence-electron chi connectivity index (χ1n) is 7.93. The highest BCUT2D eigenvalue weighted by atomic mass is 31.2. The van der Waals surface area contributed by atoms with E-state index in [9.17, 15) is 19.4 Å². The van der Waals surface area contributed by atoms with Crippen molar-refractivity contribution < 1.29 is 19.4 Å². The molecule has 1 N–H and O–H groups in total. The second-order valence-corrected chi connectivity index (χ2v) is 9.95. The molecule has 0 saturated carbocycles. The first-order valence-corrected chi connectivity index (χ1v) is 10.7. The van der Waals surface area contributed by atoms with Crippen LogP contribution in [0.5, 0.6) is 0 Å². The van der Waals surface area contributed by atoms with Gasteiger partial charge in [0.1, 0.15) is 6.04 Å². The van der Waals surface area contributed by atoms with Crippen LogP contribution >= 0.6 is 7.14 Å². The molecule has 6 nitrogen and oxygen atoms in total. The molecule has 0 radical (unpaired) electrons. The minimum atomic E-state index is -2.51. The van der Waals surface area contributed by atoms with Gasteiger partial charge >= 0.3 is 0 Å². The lowest BCUT2D eigenvalue weighted by atomic mass is 10.1. The number of benzene rings is 1. The molecule has 0 aliphatic carbocycles. The lowest BCUT2D eigenvalue weighted by Crippen LogP contribution is -2.47. The van der Waals surface area contributed by atoms with E-state index in [1.54, 1.807) is 6.92 Å². The van der Waals surface area contributed by atoms with Crippen molar-refractivity contribution in [3.63, 3.8) is 0 Å². The van der Waals surface area contributed by atoms with E-state index >= 15 is 0 Å². The molecule has 2 amide bonds. The third-order valence-corrected chi connectivity index (χ3v) is 4.87. The number of nitrogens with zero attached hydrogens (tertiary/aromatic N) is 2. The van der Waals surface area contributed by atoms with Gasteiger partial charge in [0.05, 0.1) is 19.8 Å². The fraction of sp³-hybridized carbons (Fsp3) is 0.529. The van der Waals surface area contributed by atoms with E-state index in [0.29, 0.717) is 5.06 Å². The number of hydroxylamine groups is 2. The van der Waals surface area contributed by atoms with E-state index in [4.69, 9.17) is 0 Å². The number of aryl methyl sites for hydroxylation is 1. The van der Waals surface area contributed by atoms with Crippen molar-refractivity contribution in [1.29, 1.82) is 0 Å². The normalized spacial score (nSPS) is 12.6. The number of likely N-dealkylation sites (N-methyl/N-ethyl adjacent to an activating group) is 1. The van der Waals surface area contributed by atoms with Crippen LogP contribution < -0.4 is 0 Å². The van der Waals surface area contributed by atoms with Crippen molar-refractivity contribution in [2.75, 3.05) is 26.5 Å². The number of hydrogen-bond donors (Lipinski definition) is 1. The summed E-state index contributed by atoms with van der Waals surface area (Å²) in [5.74, 6) is -0.944. The van der Waals surface area contributed by atoms with Gasteiger partial charge in [0.2, 0.25) is 5.91 Å². The van der Waals surface area contributed by atoms with E-state index in [0.717, 1.165) is 17.5 Å². The highest BCUT2D eigenvalue weighted by Gasteiger charge is 2.28. The van der Waals surface area contributed by atoms with E-state index in [1.807, 2.05) is 31.2 Å². The average molecular weight is 354 g/mol. The number of carbonyl (C=O) groups excluding carboxylic acids is 2. The van der Waals surface area contributed by atoms with Gasteiger partial charge in [-0.1, -0.05) is 31.2 Å². The summed E-state index contributed by atoms with van der Waals surface area (Å²) in [6.45, 7) is 6.69. The van der Waals surface area contributed by atoms with Crippen molar-refractivity contribution in [2.45, 2.75) is 32.9 Å². The summed E-state index contributed by atoms with van der Waals surface area (Å²) in [5, 5.41) is 10.7. The van der Waals surface area contributed by atoms with E-state index in [2.05, 4.69) is 0 Å². The zero-order chi connectivity index (χ0) is 18.5. The smallest absolute Gasteiger partial charge is 0.268 e. The molecule has 0 aliphatic heterocycles. The van der Waals surface area contributed by atoms with Gasteiger partial charge in [-0.3, -0.25) is 14.8 Å². The van der Waals surface area contributed by atoms with Crippen molar-refractivity contribution >= 4 is 19.0 Å². The molecule has 1 aromatic carbocycles. The summed E-state index contributed by atoms with van der Waals surface area (Å²) >= 11 is 0. The lowest BCUT2D eigenvalue weighted by Gasteiger charge is -2.27. The van der Waals surface area contributed by atoms with Gasteiger partial charge in [0.15, 0.2) is 0 Å². The molecule has 1 atom stereocenters. The second kappa shape index (κ2) is 8.45. The maximum atomic E-state index is 12.3. The van der Waals surface area contributed by atoms with Crippen LogP contribution in [0, 0.1) is 0 Å². The molecule has 0 aliphatic rings. The van der Waals surface area contributed by atoms with Crippen LogP contribution in [0.25, 0.3) is 0 Å². The van der Waals surface area contributed by atoms with E-state index in [1.165, 1.54) is 25.3 Å². The molecule has 0 saturated heterocycles. The van der Waals surface area contributed by atoms with Crippen molar-refractivity contribution in [1.82, 2.24) is 9.96 Å². The number of carbonyl (C=O) groups is 2. The lowest BCUT2D eigenvalue weighted by molar-refractivity contribution is -0.174. The summed E-state index contributed by atoms with van der Waals surface area (Å²) in [5.41, 5.74) is 1.94. The Hall–Kier alpha value is -1.65. The Bertz CT molecular complexity index is 641. The second-order valence-electron chi connectivity index (χ2n) is 6.48. The van der Waals surface area contributed by atoms with Gasteiger partial charge in [0.25, 0.3) is 5.91 Å². The minimum absolute atomic E-state index is 0.0547. The standard InChI is InChI=1S/C17H27N2O4P/c1-6-14-8-7-9-15(10-14)11-19(22)17(21)13(2)18(3)16(20)12-24(4,5)23/h7-10,13,22H,6,11-12H2,1-5H3. The van der Waals surface area contributed by atoms with Gasteiger partial charge in [-0.15, -0.1) is 0 Å². The first-order chi connectivity index (χ1) is 11.0. The summed E-state index contributed by atoms with van der Waals surface area (Å²) < 4.78 is 11.8. The molecule has 0 fully saturated rings. The Balaban J connectivity index is 2.73. The largest absolute Gasteiger partial charge is 0.334 e. The molecular weight excluding hydrogens is 327 g/mol. The number of amides is 2. The van der Waals surface area contributed by atoms with Crippen LogP contribution in [0.3, 0.4) is 0 Å². The van der Waals surface area contributed by atoms with Crippen LogP contribution in [0.4, 0.5) is 0 Å². The average Bonchev–Trinajstić information content (AvgIpc) is 2.51. The van der Waals surface area contributed by atoms with Gasteiger partial charge in [-0.25, -0.2) is 5.06 Å². The quantitative estimate of drug-likeness (QED) is 0.463. The Kier molecular flexibility index (Phi) is 7.18. The fourth-order valence-corrected chi connectivity index (χ4v) is 3.11. The van der Waals surface area contributed by atoms with Gasteiger partial charge in [0, 0.05) is 7.05 Å². The summed E-state index contributed by atoms with van der Waals surface area (Å²) in [7, 11) is -1.03. The number of rotatable bonds is 7. The van der Waals surface area contributed by atoms with Crippen LogP contribution in [0.1, 0.15) is 25.0 Å². The SMILES string of the molecule is CCc1cccc(CN(O)C(=O)C(C)N(C)C(=O)CP(C)(C)=O)c1. The summed E-state index contributed by atoms with van der Waals surface area (Å²) in [6.07, 6.45) is 0.778. The Morgan fingerprint density at radius 3 is 2.38 bits per heavy atom. The fourth-order valence-electron chi connectivity index (χ4n) is 2.23. The van der Waals surface area contributed by atoms with Crippen molar-refractivity contribution in [3.8, 4) is 0 Å².